The van der Waals surface area contributed by atoms with Gasteiger partial charge in [-0.05, 0) is 25.0 Å². The van der Waals surface area contributed by atoms with Crippen LogP contribution >= 0.6 is 11.8 Å². The summed E-state index contributed by atoms with van der Waals surface area (Å²) in [5, 5.41) is 8.06. The van der Waals surface area contributed by atoms with Crippen molar-refractivity contribution >= 4 is 23.3 Å². The zero-order valence-corrected chi connectivity index (χ0v) is 15.7. The summed E-state index contributed by atoms with van der Waals surface area (Å²) in [5.74, 6) is -0.167. The Morgan fingerprint density at radius 2 is 1.96 bits per heavy atom. The molecule has 0 atom stereocenters. The van der Waals surface area contributed by atoms with Crippen LogP contribution in [0.3, 0.4) is 0 Å². The number of aromatic nitrogens is 4. The molecule has 0 unspecified atom stereocenters. The summed E-state index contributed by atoms with van der Waals surface area (Å²) in [6.07, 6.45) is 7.01. The molecule has 1 aliphatic rings. The predicted octanol–water partition coefficient (Wildman–Crippen LogP) is 2.49. The minimum Gasteiger partial charge on any atom is -0.352 e. The molecule has 2 aromatic heterocycles. The van der Waals surface area contributed by atoms with Gasteiger partial charge in [-0.1, -0.05) is 49.2 Å². The molecule has 0 saturated heterocycles. The van der Waals surface area contributed by atoms with Crippen LogP contribution < -0.4 is 11.0 Å². The summed E-state index contributed by atoms with van der Waals surface area (Å²) in [7, 11) is 0. The first-order valence-electron chi connectivity index (χ1n) is 9.16. The van der Waals surface area contributed by atoms with Gasteiger partial charge in [0.1, 0.15) is 17.9 Å². The van der Waals surface area contributed by atoms with E-state index in [4.69, 9.17) is 0 Å². The van der Waals surface area contributed by atoms with Crippen LogP contribution in [0.5, 0.6) is 0 Å². The molecule has 0 aliphatic heterocycles. The molecule has 0 radical (unpaired) electrons. The van der Waals surface area contributed by atoms with Crippen molar-refractivity contribution in [3.8, 4) is 0 Å². The third-order valence-corrected chi connectivity index (χ3v) is 5.62. The molecular weight excluding hydrogens is 362 g/mol. The lowest BCUT2D eigenvalue weighted by molar-refractivity contribution is -0.122. The van der Waals surface area contributed by atoms with Crippen LogP contribution in [-0.2, 0) is 11.3 Å². The van der Waals surface area contributed by atoms with E-state index >= 15 is 0 Å². The van der Waals surface area contributed by atoms with Crippen molar-refractivity contribution in [3.63, 3.8) is 0 Å². The minimum atomic E-state index is -0.354. The highest BCUT2D eigenvalue weighted by molar-refractivity contribution is 7.99. The van der Waals surface area contributed by atoms with Crippen LogP contribution in [0.15, 0.2) is 57.4 Å². The van der Waals surface area contributed by atoms with Gasteiger partial charge in [-0.15, -0.1) is 5.10 Å². The Kier molecular flexibility index (Phi) is 5.24. The van der Waals surface area contributed by atoms with Gasteiger partial charge in [-0.25, -0.2) is 18.9 Å². The Morgan fingerprint density at radius 1 is 1.19 bits per heavy atom. The van der Waals surface area contributed by atoms with E-state index in [0.717, 1.165) is 35.6 Å². The van der Waals surface area contributed by atoms with E-state index in [0.29, 0.717) is 5.65 Å². The molecule has 0 bridgehead atoms. The number of hydrogen-bond acceptors (Lipinski definition) is 5. The number of fused-ring (bicyclic) bond motifs is 1. The normalized spacial score (nSPS) is 15.1. The van der Waals surface area contributed by atoms with Gasteiger partial charge < -0.3 is 5.32 Å². The Bertz CT molecular complexity index is 992. The third-order valence-electron chi connectivity index (χ3n) is 4.68. The minimum absolute atomic E-state index is 0.0713. The monoisotopic (exact) mass is 383 g/mol. The Hall–Kier alpha value is -2.61. The molecule has 1 aromatic carbocycles. The number of amides is 1. The van der Waals surface area contributed by atoms with Gasteiger partial charge in [0.05, 0.1) is 0 Å². The average Bonchev–Trinajstić information content (AvgIpc) is 2.98. The van der Waals surface area contributed by atoms with Crippen LogP contribution in [0.2, 0.25) is 0 Å². The first-order chi connectivity index (χ1) is 13.2. The first-order valence-corrected chi connectivity index (χ1v) is 9.98. The number of hydrogen-bond donors (Lipinski definition) is 1. The number of carbonyl (C=O) groups is 1. The van der Waals surface area contributed by atoms with E-state index in [1.165, 1.54) is 33.6 Å². The topological polar surface area (TPSA) is 81.3 Å². The van der Waals surface area contributed by atoms with Crippen LogP contribution in [0.25, 0.3) is 5.65 Å². The lowest BCUT2D eigenvalue weighted by atomic mass is 9.95. The second-order valence-corrected chi connectivity index (χ2v) is 7.81. The standard InChI is InChI=1S/C19H21N5O2S/c25-17(21-14-7-3-1-4-8-14)12-24-19(26)23-13-20-18(11-16(23)22-24)27-15-9-5-2-6-10-15/h2,5-6,9-11,13-14H,1,3-4,7-8,12H2,(H,21,25). The lowest BCUT2D eigenvalue weighted by Crippen LogP contribution is -2.40. The van der Waals surface area contributed by atoms with Crippen molar-refractivity contribution < 1.29 is 4.79 Å². The fraction of sp³-hybridized carbons (Fsp3) is 0.368. The lowest BCUT2D eigenvalue weighted by Gasteiger charge is -2.22. The molecule has 27 heavy (non-hydrogen) atoms. The Morgan fingerprint density at radius 3 is 2.74 bits per heavy atom. The van der Waals surface area contributed by atoms with E-state index in [1.807, 2.05) is 30.3 Å². The molecule has 7 nitrogen and oxygen atoms in total. The van der Waals surface area contributed by atoms with E-state index in [9.17, 15) is 9.59 Å². The van der Waals surface area contributed by atoms with Crippen LogP contribution in [-0.4, -0.2) is 31.1 Å². The number of carbonyl (C=O) groups excluding carboxylic acids is 1. The van der Waals surface area contributed by atoms with E-state index in [-0.39, 0.29) is 24.2 Å². The van der Waals surface area contributed by atoms with E-state index in [1.54, 1.807) is 6.07 Å². The fourth-order valence-corrected chi connectivity index (χ4v) is 4.13. The van der Waals surface area contributed by atoms with Crippen molar-refractivity contribution in [1.82, 2.24) is 24.5 Å². The molecule has 140 valence electrons. The summed E-state index contributed by atoms with van der Waals surface area (Å²) in [6, 6.07) is 11.9. The maximum Gasteiger partial charge on any atom is 0.352 e. The number of nitrogens with one attached hydrogen (secondary N) is 1. The average molecular weight is 383 g/mol. The van der Waals surface area contributed by atoms with Crippen molar-refractivity contribution in [2.75, 3.05) is 0 Å². The zero-order valence-electron chi connectivity index (χ0n) is 14.9. The summed E-state index contributed by atoms with van der Waals surface area (Å²) >= 11 is 1.50. The molecule has 1 N–H and O–H groups in total. The van der Waals surface area contributed by atoms with Crippen molar-refractivity contribution in [2.45, 2.75) is 54.6 Å². The van der Waals surface area contributed by atoms with Gasteiger partial charge in [0, 0.05) is 17.0 Å². The molecule has 1 aliphatic carbocycles. The maximum atomic E-state index is 12.5. The largest absolute Gasteiger partial charge is 0.352 e. The second kappa shape index (κ2) is 7.96. The van der Waals surface area contributed by atoms with Gasteiger partial charge in [0.25, 0.3) is 0 Å². The van der Waals surface area contributed by atoms with Crippen molar-refractivity contribution in [3.05, 3.63) is 53.2 Å². The number of nitrogens with zero attached hydrogens (tertiary/aromatic N) is 4. The van der Waals surface area contributed by atoms with Gasteiger partial charge in [0.15, 0.2) is 5.65 Å². The van der Waals surface area contributed by atoms with Gasteiger partial charge in [-0.2, -0.15) is 0 Å². The highest BCUT2D eigenvalue weighted by Crippen LogP contribution is 2.25. The smallest absolute Gasteiger partial charge is 0.352 e. The summed E-state index contributed by atoms with van der Waals surface area (Å²) in [4.78, 5) is 30.1. The van der Waals surface area contributed by atoms with Crippen LogP contribution in [0.1, 0.15) is 32.1 Å². The molecule has 1 saturated carbocycles. The highest BCUT2D eigenvalue weighted by Gasteiger charge is 2.17. The quantitative estimate of drug-likeness (QED) is 0.685. The summed E-state index contributed by atoms with van der Waals surface area (Å²) in [6.45, 7) is -0.0713. The molecule has 0 spiro atoms. The fourth-order valence-electron chi connectivity index (χ4n) is 3.33. The van der Waals surface area contributed by atoms with Crippen LogP contribution in [0, 0.1) is 0 Å². The molecule has 2 heterocycles. The molecule has 1 fully saturated rings. The molecule has 3 aromatic rings. The van der Waals surface area contributed by atoms with Gasteiger partial charge >= 0.3 is 5.69 Å². The predicted molar refractivity (Wildman–Crippen MR) is 103 cm³/mol. The molecular formula is C19H21N5O2S. The Labute approximate surface area is 160 Å². The van der Waals surface area contributed by atoms with Gasteiger partial charge in [-0.3, -0.25) is 4.79 Å². The van der Waals surface area contributed by atoms with Crippen LogP contribution in [0.4, 0.5) is 0 Å². The number of benzene rings is 1. The maximum absolute atomic E-state index is 12.5. The molecule has 1 amide bonds. The highest BCUT2D eigenvalue weighted by atomic mass is 32.2. The first kappa shape index (κ1) is 17.8. The molecule has 8 heteroatoms. The van der Waals surface area contributed by atoms with Crippen molar-refractivity contribution in [2.24, 2.45) is 0 Å². The van der Waals surface area contributed by atoms with Gasteiger partial charge in [0.2, 0.25) is 5.91 Å². The third kappa shape index (κ3) is 4.21. The SMILES string of the molecule is O=C(Cn1nc2cc(Sc3ccccc3)ncn2c1=O)NC1CCCCC1. The van der Waals surface area contributed by atoms with Crippen molar-refractivity contribution in [1.29, 1.82) is 0 Å². The Balaban J connectivity index is 1.49. The zero-order chi connectivity index (χ0) is 18.6. The summed E-state index contributed by atoms with van der Waals surface area (Å²) < 4.78 is 2.56. The molecule has 4 rings (SSSR count). The van der Waals surface area contributed by atoms with E-state index < -0.39 is 0 Å². The summed E-state index contributed by atoms with van der Waals surface area (Å²) in [5.41, 5.74) is 0.131. The second-order valence-electron chi connectivity index (χ2n) is 6.71. The number of rotatable bonds is 5. The van der Waals surface area contributed by atoms with E-state index in [2.05, 4.69) is 15.4 Å².